The lowest BCUT2D eigenvalue weighted by Gasteiger charge is -2.17. The quantitative estimate of drug-likeness (QED) is 0.833. The summed E-state index contributed by atoms with van der Waals surface area (Å²) < 4.78 is 36.5. The van der Waals surface area contributed by atoms with Crippen LogP contribution in [-0.4, -0.2) is 21.7 Å². The van der Waals surface area contributed by atoms with Crippen LogP contribution in [0.2, 0.25) is 0 Å². The van der Waals surface area contributed by atoms with Gasteiger partial charge in [-0.25, -0.2) is 12.8 Å². The van der Waals surface area contributed by atoms with Gasteiger partial charge < -0.3 is 5.73 Å². The molecule has 2 N–H and O–H groups in total. The van der Waals surface area contributed by atoms with E-state index in [9.17, 15) is 12.8 Å². The van der Waals surface area contributed by atoms with Gasteiger partial charge in [0, 0.05) is 13.6 Å². The maximum absolute atomic E-state index is 13.1. The van der Waals surface area contributed by atoms with Crippen molar-refractivity contribution in [3.8, 4) is 0 Å². The Morgan fingerprint density at radius 3 is 2.47 bits per heavy atom. The van der Waals surface area contributed by atoms with E-state index in [1.807, 2.05) is 0 Å². The van der Waals surface area contributed by atoms with E-state index >= 15 is 0 Å². The molecular formula is C9H13FN2O2S. The topological polar surface area (TPSA) is 63.4 Å². The van der Waals surface area contributed by atoms with Crippen molar-refractivity contribution >= 4 is 15.7 Å². The van der Waals surface area contributed by atoms with E-state index in [2.05, 4.69) is 0 Å². The second-order valence-corrected chi connectivity index (χ2v) is 5.27. The minimum atomic E-state index is -3.37. The van der Waals surface area contributed by atoms with Crippen molar-refractivity contribution in [2.45, 2.75) is 6.54 Å². The fraction of sp³-hybridized carbons (Fsp3) is 0.333. The number of nitrogens with two attached hydrogens (primary N) is 1. The fourth-order valence-electron chi connectivity index (χ4n) is 1.12. The number of sulfonamides is 1. The molecule has 0 saturated heterocycles. The van der Waals surface area contributed by atoms with Crippen LogP contribution < -0.4 is 10.0 Å². The molecule has 0 aromatic heterocycles. The molecule has 4 nitrogen and oxygen atoms in total. The third-order valence-electron chi connectivity index (χ3n) is 2.04. The molecular weight excluding hydrogens is 219 g/mol. The van der Waals surface area contributed by atoms with Crippen LogP contribution in [-0.2, 0) is 16.6 Å². The smallest absolute Gasteiger partial charge is 0.231 e. The zero-order chi connectivity index (χ0) is 11.6. The summed E-state index contributed by atoms with van der Waals surface area (Å²) in [6.45, 7) is 0.169. The van der Waals surface area contributed by atoms with Crippen molar-refractivity contribution in [3.05, 3.63) is 29.6 Å². The minimum absolute atomic E-state index is 0.169. The molecule has 1 aromatic rings. The molecule has 0 aliphatic carbocycles. The molecule has 1 rings (SSSR count). The van der Waals surface area contributed by atoms with Gasteiger partial charge in [0.15, 0.2) is 0 Å². The van der Waals surface area contributed by atoms with Crippen LogP contribution in [0.25, 0.3) is 0 Å². The first-order valence-electron chi connectivity index (χ1n) is 4.28. The molecule has 1 aromatic carbocycles. The molecule has 0 bridgehead atoms. The number of hydrogen-bond donors (Lipinski definition) is 1. The van der Waals surface area contributed by atoms with Gasteiger partial charge in [0.25, 0.3) is 0 Å². The number of nitrogens with zero attached hydrogens (tertiary/aromatic N) is 1. The lowest BCUT2D eigenvalue weighted by molar-refractivity contribution is 0.599. The van der Waals surface area contributed by atoms with Gasteiger partial charge in [-0.15, -0.1) is 0 Å². The van der Waals surface area contributed by atoms with Gasteiger partial charge in [-0.1, -0.05) is 0 Å². The highest BCUT2D eigenvalue weighted by atomic mass is 32.2. The first-order chi connectivity index (χ1) is 6.84. The van der Waals surface area contributed by atoms with E-state index in [0.717, 1.165) is 16.6 Å². The molecule has 6 heteroatoms. The summed E-state index contributed by atoms with van der Waals surface area (Å²) in [5.41, 5.74) is 6.19. The third-order valence-corrected chi connectivity index (χ3v) is 3.24. The van der Waals surface area contributed by atoms with Gasteiger partial charge in [0.05, 0.1) is 11.9 Å². The average molecular weight is 232 g/mol. The monoisotopic (exact) mass is 232 g/mol. The van der Waals surface area contributed by atoms with Crippen molar-refractivity contribution in [1.29, 1.82) is 0 Å². The lowest BCUT2D eigenvalue weighted by Crippen LogP contribution is -2.25. The van der Waals surface area contributed by atoms with Crippen molar-refractivity contribution in [3.63, 3.8) is 0 Å². The average Bonchev–Trinajstić information content (AvgIpc) is 2.14. The summed E-state index contributed by atoms with van der Waals surface area (Å²) in [5, 5.41) is 0. The Balaban J connectivity index is 3.20. The Morgan fingerprint density at radius 1 is 1.40 bits per heavy atom. The molecule has 0 amide bonds. The van der Waals surface area contributed by atoms with Crippen LogP contribution in [0, 0.1) is 5.82 Å². The second-order valence-electron chi connectivity index (χ2n) is 3.25. The molecule has 0 unspecified atom stereocenters. The number of hydrogen-bond acceptors (Lipinski definition) is 3. The van der Waals surface area contributed by atoms with Gasteiger partial charge in [-0.05, 0) is 23.8 Å². The van der Waals surface area contributed by atoms with Crippen molar-refractivity contribution in [1.82, 2.24) is 0 Å². The van der Waals surface area contributed by atoms with Gasteiger partial charge in [-0.3, -0.25) is 4.31 Å². The highest BCUT2D eigenvalue weighted by Gasteiger charge is 2.13. The summed E-state index contributed by atoms with van der Waals surface area (Å²) >= 11 is 0. The van der Waals surface area contributed by atoms with Crippen molar-refractivity contribution in [2.24, 2.45) is 5.73 Å². The van der Waals surface area contributed by atoms with Crippen molar-refractivity contribution < 1.29 is 12.8 Å². The predicted molar refractivity (Wildman–Crippen MR) is 57.5 cm³/mol. The van der Waals surface area contributed by atoms with Crippen LogP contribution in [0.3, 0.4) is 0 Å². The molecule has 0 spiro atoms. The predicted octanol–water partition coefficient (Wildman–Crippen LogP) is 0.680. The maximum atomic E-state index is 13.1. The molecule has 0 fully saturated rings. The Bertz CT molecular complexity index is 459. The maximum Gasteiger partial charge on any atom is 0.231 e. The van der Waals surface area contributed by atoms with E-state index in [0.29, 0.717) is 5.56 Å². The van der Waals surface area contributed by atoms with Crippen LogP contribution >= 0.6 is 0 Å². The number of halogens is 1. The zero-order valence-electron chi connectivity index (χ0n) is 8.57. The molecule has 15 heavy (non-hydrogen) atoms. The van der Waals surface area contributed by atoms with Crippen molar-refractivity contribution in [2.75, 3.05) is 17.6 Å². The SMILES string of the molecule is CN(c1cc(F)cc(CN)c1)S(C)(=O)=O. The van der Waals surface area contributed by atoms with Crippen LogP contribution in [0.4, 0.5) is 10.1 Å². The van der Waals surface area contributed by atoms with Gasteiger partial charge in [0.2, 0.25) is 10.0 Å². The standard InChI is InChI=1S/C9H13FN2O2S/c1-12(15(2,13)14)9-4-7(6-11)3-8(10)5-9/h3-5H,6,11H2,1-2H3. The molecule has 0 radical (unpaired) electrons. The zero-order valence-corrected chi connectivity index (χ0v) is 9.38. The summed E-state index contributed by atoms with van der Waals surface area (Å²) in [6.07, 6.45) is 1.06. The minimum Gasteiger partial charge on any atom is -0.326 e. The summed E-state index contributed by atoms with van der Waals surface area (Å²) in [4.78, 5) is 0. The molecule has 0 atom stereocenters. The Labute approximate surface area is 88.6 Å². The van der Waals surface area contributed by atoms with E-state index in [1.165, 1.54) is 13.1 Å². The Hall–Kier alpha value is -1.14. The van der Waals surface area contributed by atoms with E-state index < -0.39 is 15.8 Å². The Morgan fingerprint density at radius 2 is 2.00 bits per heavy atom. The fourth-order valence-corrected chi connectivity index (χ4v) is 1.61. The van der Waals surface area contributed by atoms with E-state index in [1.54, 1.807) is 6.07 Å². The van der Waals surface area contributed by atoms with Crippen LogP contribution in [0.5, 0.6) is 0 Å². The molecule has 84 valence electrons. The first kappa shape index (κ1) is 11.9. The number of anilines is 1. The largest absolute Gasteiger partial charge is 0.326 e. The first-order valence-corrected chi connectivity index (χ1v) is 6.13. The summed E-state index contributed by atoms with van der Waals surface area (Å²) in [7, 11) is -2.01. The molecule has 0 heterocycles. The normalized spacial score (nSPS) is 11.5. The highest BCUT2D eigenvalue weighted by molar-refractivity contribution is 7.92. The van der Waals surface area contributed by atoms with Gasteiger partial charge in [-0.2, -0.15) is 0 Å². The third kappa shape index (κ3) is 2.90. The lowest BCUT2D eigenvalue weighted by atomic mass is 10.2. The highest BCUT2D eigenvalue weighted by Crippen LogP contribution is 2.19. The number of benzene rings is 1. The molecule has 0 aliphatic heterocycles. The molecule has 0 saturated carbocycles. The molecule has 0 aliphatic rings. The summed E-state index contributed by atoms with van der Waals surface area (Å²) in [5.74, 6) is -0.497. The number of rotatable bonds is 3. The van der Waals surface area contributed by atoms with E-state index in [-0.39, 0.29) is 12.2 Å². The second kappa shape index (κ2) is 4.16. The van der Waals surface area contributed by atoms with Crippen LogP contribution in [0.15, 0.2) is 18.2 Å². The Kier molecular flexibility index (Phi) is 3.31. The van der Waals surface area contributed by atoms with E-state index in [4.69, 9.17) is 5.73 Å². The van der Waals surface area contributed by atoms with Gasteiger partial charge >= 0.3 is 0 Å². The summed E-state index contributed by atoms with van der Waals surface area (Å²) in [6, 6.07) is 3.98. The van der Waals surface area contributed by atoms with Crippen LogP contribution in [0.1, 0.15) is 5.56 Å². The van der Waals surface area contributed by atoms with Gasteiger partial charge in [0.1, 0.15) is 5.82 Å².